The molecule has 0 aliphatic carbocycles. The zero-order valence-corrected chi connectivity index (χ0v) is 12.5. The number of nitrogens with one attached hydrogen (secondary N) is 1. The molecule has 0 unspecified atom stereocenters. The first-order valence-corrected chi connectivity index (χ1v) is 7.30. The van der Waals surface area contributed by atoms with Gasteiger partial charge in [-0.2, -0.15) is 4.98 Å². The van der Waals surface area contributed by atoms with Crippen molar-refractivity contribution in [3.8, 4) is 11.6 Å². The van der Waals surface area contributed by atoms with E-state index >= 15 is 0 Å². The Morgan fingerprint density at radius 3 is 2.68 bits per heavy atom. The maximum Gasteiger partial charge on any atom is 0.232 e. The Hall–Kier alpha value is -1.66. The Bertz CT molecular complexity index is 711. The van der Waals surface area contributed by atoms with E-state index in [1.165, 1.54) is 0 Å². The third-order valence-electron chi connectivity index (χ3n) is 2.54. The second kappa shape index (κ2) is 5.14. The Labute approximate surface area is 122 Å². The van der Waals surface area contributed by atoms with E-state index in [1.54, 1.807) is 18.4 Å². The summed E-state index contributed by atoms with van der Waals surface area (Å²) in [5.74, 6) is 1.87. The number of benzene rings is 1. The highest BCUT2D eigenvalue weighted by atomic mass is 79.9. The number of halogens is 1. The normalized spacial score (nSPS) is 10.6. The fourth-order valence-electron chi connectivity index (χ4n) is 1.63. The van der Waals surface area contributed by atoms with Crippen LogP contribution in [0.1, 0.15) is 0 Å². The predicted octanol–water partition coefficient (Wildman–Crippen LogP) is 4.29. The quantitative estimate of drug-likeness (QED) is 0.775. The van der Waals surface area contributed by atoms with E-state index in [4.69, 9.17) is 4.74 Å². The molecule has 0 radical (unpaired) electrons. The van der Waals surface area contributed by atoms with Gasteiger partial charge in [-0.3, -0.25) is 0 Å². The van der Waals surface area contributed by atoms with Crippen molar-refractivity contribution >= 4 is 43.4 Å². The molecule has 4 nitrogen and oxygen atoms in total. The van der Waals surface area contributed by atoms with Crippen molar-refractivity contribution in [3.63, 3.8) is 0 Å². The molecule has 0 atom stereocenters. The largest absolute Gasteiger partial charge is 0.438 e. The van der Waals surface area contributed by atoms with Crippen LogP contribution in [-0.2, 0) is 0 Å². The van der Waals surface area contributed by atoms with Gasteiger partial charge in [0, 0.05) is 11.5 Å². The van der Waals surface area contributed by atoms with Crippen LogP contribution in [0.5, 0.6) is 11.6 Å². The van der Waals surface area contributed by atoms with E-state index in [9.17, 15) is 0 Å². The molecule has 1 aromatic carbocycles. The van der Waals surface area contributed by atoms with Gasteiger partial charge in [0.15, 0.2) is 0 Å². The molecule has 0 saturated heterocycles. The summed E-state index contributed by atoms with van der Waals surface area (Å²) in [5, 5.41) is 5.84. The number of ether oxygens (including phenoxy) is 1. The minimum Gasteiger partial charge on any atom is -0.438 e. The maximum absolute atomic E-state index is 5.84. The summed E-state index contributed by atoms with van der Waals surface area (Å²) in [7, 11) is 1.79. The summed E-state index contributed by atoms with van der Waals surface area (Å²) in [5.41, 5.74) is 0. The van der Waals surface area contributed by atoms with E-state index in [1.807, 2.05) is 35.7 Å². The average molecular weight is 336 g/mol. The minimum atomic E-state index is 0.557. The molecule has 1 N–H and O–H groups in total. The van der Waals surface area contributed by atoms with Gasteiger partial charge in [0.25, 0.3) is 0 Å². The molecule has 19 heavy (non-hydrogen) atoms. The Kier molecular flexibility index (Phi) is 3.35. The smallest absolute Gasteiger partial charge is 0.232 e. The number of hydrogen-bond donors (Lipinski definition) is 1. The highest BCUT2D eigenvalue weighted by molar-refractivity contribution is 9.10. The summed E-state index contributed by atoms with van der Waals surface area (Å²) in [6.45, 7) is 0. The van der Waals surface area contributed by atoms with Crippen molar-refractivity contribution < 1.29 is 4.74 Å². The van der Waals surface area contributed by atoms with E-state index < -0.39 is 0 Å². The zero-order chi connectivity index (χ0) is 13.2. The van der Waals surface area contributed by atoms with Crippen LogP contribution in [0.2, 0.25) is 0 Å². The first-order chi connectivity index (χ1) is 9.26. The van der Waals surface area contributed by atoms with Gasteiger partial charge in [0.1, 0.15) is 10.6 Å². The Balaban J connectivity index is 2.03. The topological polar surface area (TPSA) is 47.0 Å². The molecule has 0 amide bonds. The minimum absolute atomic E-state index is 0.557. The summed E-state index contributed by atoms with van der Waals surface area (Å²) in [4.78, 5) is 9.65. The van der Waals surface area contributed by atoms with Crippen molar-refractivity contribution in [1.82, 2.24) is 9.97 Å². The SMILES string of the molecule is CNc1nc(Oc2ccc(Br)cc2)c2ccsc2n1. The van der Waals surface area contributed by atoms with Crippen molar-refractivity contribution in [2.75, 3.05) is 12.4 Å². The molecule has 6 heteroatoms. The fourth-order valence-corrected chi connectivity index (χ4v) is 2.65. The standard InChI is InChI=1S/C13H10BrN3OS/c1-15-13-16-11(10-6-7-19-12(10)17-13)18-9-4-2-8(14)3-5-9/h2-7H,1H3,(H,15,16,17). The molecule has 2 heterocycles. The van der Waals surface area contributed by atoms with Crippen molar-refractivity contribution in [1.29, 1.82) is 0 Å². The molecular weight excluding hydrogens is 326 g/mol. The van der Waals surface area contributed by atoms with Gasteiger partial charge < -0.3 is 10.1 Å². The van der Waals surface area contributed by atoms with Gasteiger partial charge >= 0.3 is 0 Å². The zero-order valence-electron chi connectivity index (χ0n) is 10.1. The molecule has 0 spiro atoms. The monoisotopic (exact) mass is 335 g/mol. The highest BCUT2D eigenvalue weighted by Gasteiger charge is 2.10. The molecular formula is C13H10BrN3OS. The van der Waals surface area contributed by atoms with Crippen LogP contribution in [0.15, 0.2) is 40.2 Å². The molecule has 0 fully saturated rings. The summed E-state index contributed by atoms with van der Waals surface area (Å²) < 4.78 is 6.86. The molecule has 0 saturated carbocycles. The summed E-state index contributed by atoms with van der Waals surface area (Å²) in [6, 6.07) is 9.61. The second-order valence-electron chi connectivity index (χ2n) is 3.80. The van der Waals surface area contributed by atoms with Crippen LogP contribution in [0.25, 0.3) is 10.2 Å². The molecule has 3 aromatic rings. The number of anilines is 1. The summed E-state index contributed by atoms with van der Waals surface area (Å²) >= 11 is 4.96. The van der Waals surface area contributed by atoms with Gasteiger partial charge in [0.2, 0.25) is 11.8 Å². The molecule has 0 aliphatic heterocycles. The maximum atomic E-state index is 5.84. The van der Waals surface area contributed by atoms with Crippen molar-refractivity contribution in [3.05, 3.63) is 40.2 Å². The van der Waals surface area contributed by atoms with Gasteiger partial charge in [-0.1, -0.05) is 15.9 Å². The first kappa shape index (κ1) is 12.4. The van der Waals surface area contributed by atoms with Crippen molar-refractivity contribution in [2.45, 2.75) is 0 Å². The number of aromatic nitrogens is 2. The third-order valence-corrected chi connectivity index (χ3v) is 3.88. The van der Waals surface area contributed by atoms with Crippen LogP contribution in [0.3, 0.4) is 0 Å². The van der Waals surface area contributed by atoms with Gasteiger partial charge in [-0.05, 0) is 35.7 Å². The number of thiophene rings is 1. The molecule has 0 bridgehead atoms. The van der Waals surface area contributed by atoms with E-state index in [-0.39, 0.29) is 0 Å². The lowest BCUT2D eigenvalue weighted by Gasteiger charge is -2.07. The predicted molar refractivity (Wildman–Crippen MR) is 81.2 cm³/mol. The number of hydrogen-bond acceptors (Lipinski definition) is 5. The van der Waals surface area contributed by atoms with Gasteiger partial charge in [-0.25, -0.2) is 4.98 Å². The van der Waals surface area contributed by atoms with Crippen LogP contribution in [-0.4, -0.2) is 17.0 Å². The van der Waals surface area contributed by atoms with Gasteiger partial charge in [-0.15, -0.1) is 11.3 Å². The Morgan fingerprint density at radius 1 is 1.16 bits per heavy atom. The van der Waals surface area contributed by atoms with Crippen LogP contribution in [0.4, 0.5) is 5.95 Å². The highest BCUT2D eigenvalue weighted by Crippen LogP contribution is 2.31. The van der Waals surface area contributed by atoms with E-state index in [0.717, 1.165) is 20.4 Å². The van der Waals surface area contributed by atoms with Crippen molar-refractivity contribution in [2.24, 2.45) is 0 Å². The molecule has 96 valence electrons. The lowest BCUT2D eigenvalue weighted by Crippen LogP contribution is -1.98. The lowest BCUT2D eigenvalue weighted by atomic mass is 10.3. The number of fused-ring (bicyclic) bond motifs is 1. The second-order valence-corrected chi connectivity index (χ2v) is 5.61. The average Bonchev–Trinajstić information content (AvgIpc) is 2.89. The molecule has 0 aliphatic rings. The number of nitrogens with zero attached hydrogens (tertiary/aromatic N) is 2. The molecule has 2 aromatic heterocycles. The molecule has 3 rings (SSSR count). The van der Waals surface area contributed by atoms with Crippen LogP contribution in [0, 0.1) is 0 Å². The summed E-state index contributed by atoms with van der Waals surface area (Å²) in [6.07, 6.45) is 0. The number of rotatable bonds is 3. The Morgan fingerprint density at radius 2 is 1.95 bits per heavy atom. The van der Waals surface area contributed by atoms with Crippen LogP contribution < -0.4 is 10.1 Å². The fraction of sp³-hybridized carbons (Fsp3) is 0.0769. The van der Waals surface area contributed by atoms with E-state index in [2.05, 4.69) is 31.2 Å². The van der Waals surface area contributed by atoms with E-state index in [0.29, 0.717) is 11.8 Å². The van der Waals surface area contributed by atoms with Crippen LogP contribution >= 0.6 is 27.3 Å². The lowest BCUT2D eigenvalue weighted by molar-refractivity contribution is 0.469. The van der Waals surface area contributed by atoms with Gasteiger partial charge in [0.05, 0.1) is 5.39 Å². The third kappa shape index (κ3) is 2.54. The first-order valence-electron chi connectivity index (χ1n) is 5.62.